The second-order valence-electron chi connectivity index (χ2n) is 4.39. The van der Waals surface area contributed by atoms with E-state index in [1.807, 2.05) is 11.4 Å². The predicted octanol–water partition coefficient (Wildman–Crippen LogP) is 2.23. The number of carboxylic acid groups (broad SMARTS) is 1. The highest BCUT2D eigenvalue weighted by Gasteiger charge is 2.24. The van der Waals surface area contributed by atoms with Crippen LogP contribution in [-0.2, 0) is 14.3 Å². The maximum atomic E-state index is 12.0. The van der Waals surface area contributed by atoms with Crippen molar-refractivity contribution in [2.24, 2.45) is 0 Å². The van der Waals surface area contributed by atoms with E-state index in [4.69, 9.17) is 9.84 Å². The Balaban J connectivity index is 1.91. The molecule has 0 saturated carbocycles. The minimum Gasteiger partial charge on any atom is -0.481 e. The molecule has 1 N–H and O–H groups in total. The first kappa shape index (κ1) is 15.2. The fourth-order valence-corrected chi connectivity index (χ4v) is 3.07. The molecule has 0 bridgehead atoms. The van der Waals surface area contributed by atoms with Gasteiger partial charge in [0.2, 0.25) is 5.91 Å². The molecule has 5 nitrogen and oxygen atoms in total. The first-order valence-electron chi connectivity index (χ1n) is 6.09. The van der Waals surface area contributed by atoms with Crippen LogP contribution in [0.4, 0.5) is 0 Å². The highest BCUT2D eigenvalue weighted by molar-refractivity contribution is 9.11. The Kier molecular flexibility index (Phi) is 5.33. The third kappa shape index (κ3) is 4.43. The molecule has 7 heteroatoms. The second kappa shape index (κ2) is 7.01. The van der Waals surface area contributed by atoms with Gasteiger partial charge >= 0.3 is 5.97 Å². The molecule has 0 spiro atoms. The largest absolute Gasteiger partial charge is 0.481 e. The van der Waals surface area contributed by atoms with Crippen LogP contribution in [0.15, 0.2) is 21.3 Å². The van der Waals surface area contributed by atoms with Gasteiger partial charge in [-0.1, -0.05) is 0 Å². The van der Waals surface area contributed by atoms with Gasteiger partial charge in [-0.3, -0.25) is 9.59 Å². The normalized spacial score (nSPS) is 19.4. The average molecular weight is 360 g/mol. The maximum absolute atomic E-state index is 12.0. The van der Waals surface area contributed by atoms with Crippen molar-refractivity contribution < 1.29 is 19.4 Å². The number of amides is 1. The molecule has 1 aromatic heterocycles. The molecule has 20 heavy (non-hydrogen) atoms. The number of carbonyl (C=O) groups excluding carboxylic acids is 1. The molecule has 1 atom stereocenters. The standard InChI is InChI=1S/C13H14BrNO4S/c14-11-5-9(8-20-11)1-2-12(16)15-3-4-19-10(7-15)6-13(17)18/h1-2,5,8,10H,3-4,6-7H2,(H,17,18). The molecule has 0 radical (unpaired) electrons. The molecule has 1 aliphatic rings. The van der Waals surface area contributed by atoms with E-state index in [-0.39, 0.29) is 12.3 Å². The van der Waals surface area contributed by atoms with Crippen molar-refractivity contribution in [3.05, 3.63) is 26.9 Å². The van der Waals surface area contributed by atoms with Gasteiger partial charge in [-0.15, -0.1) is 11.3 Å². The molecule has 1 unspecified atom stereocenters. The maximum Gasteiger partial charge on any atom is 0.306 e. The van der Waals surface area contributed by atoms with Gasteiger partial charge in [-0.05, 0) is 39.0 Å². The molecule has 1 saturated heterocycles. The predicted molar refractivity (Wildman–Crippen MR) is 79.6 cm³/mol. The van der Waals surface area contributed by atoms with Crippen molar-refractivity contribution in [3.8, 4) is 0 Å². The van der Waals surface area contributed by atoms with Crippen LogP contribution in [0.2, 0.25) is 0 Å². The summed E-state index contributed by atoms with van der Waals surface area (Å²) in [5.74, 6) is -1.03. The molecule has 1 amide bonds. The number of rotatable bonds is 4. The van der Waals surface area contributed by atoms with Crippen molar-refractivity contribution in [1.82, 2.24) is 4.90 Å². The first-order valence-corrected chi connectivity index (χ1v) is 7.76. The third-order valence-corrected chi connectivity index (χ3v) is 4.38. The highest BCUT2D eigenvalue weighted by Crippen LogP contribution is 2.21. The van der Waals surface area contributed by atoms with Gasteiger partial charge in [0.05, 0.1) is 22.9 Å². The minimum atomic E-state index is -0.914. The number of aliphatic carboxylic acids is 1. The van der Waals surface area contributed by atoms with Gasteiger partial charge in [-0.25, -0.2) is 0 Å². The Hall–Kier alpha value is -1.18. The van der Waals surface area contributed by atoms with Gasteiger partial charge in [0.25, 0.3) is 0 Å². The highest BCUT2D eigenvalue weighted by atomic mass is 79.9. The first-order chi connectivity index (χ1) is 9.54. The minimum absolute atomic E-state index is 0.0784. The van der Waals surface area contributed by atoms with Crippen LogP contribution in [0.3, 0.4) is 0 Å². The van der Waals surface area contributed by atoms with Crippen LogP contribution < -0.4 is 0 Å². The lowest BCUT2D eigenvalue weighted by Crippen LogP contribution is -2.45. The lowest BCUT2D eigenvalue weighted by molar-refractivity contribution is -0.145. The smallest absolute Gasteiger partial charge is 0.306 e. The Morgan fingerprint density at radius 3 is 3.05 bits per heavy atom. The number of ether oxygens (including phenoxy) is 1. The second-order valence-corrected chi connectivity index (χ2v) is 6.68. The number of carbonyl (C=O) groups is 2. The van der Waals surface area contributed by atoms with E-state index in [9.17, 15) is 9.59 Å². The van der Waals surface area contributed by atoms with Gasteiger partial charge in [0, 0.05) is 19.2 Å². The summed E-state index contributed by atoms with van der Waals surface area (Å²) in [6.45, 7) is 1.19. The van der Waals surface area contributed by atoms with Crippen LogP contribution in [0.25, 0.3) is 6.08 Å². The summed E-state index contributed by atoms with van der Waals surface area (Å²) in [6, 6.07) is 1.93. The molecular formula is C13H14BrNO4S. The van der Waals surface area contributed by atoms with Crippen molar-refractivity contribution >= 4 is 45.2 Å². The lowest BCUT2D eigenvalue weighted by atomic mass is 10.2. The van der Waals surface area contributed by atoms with Gasteiger partial charge in [0.15, 0.2) is 0 Å². The van der Waals surface area contributed by atoms with Crippen molar-refractivity contribution in [1.29, 1.82) is 0 Å². The zero-order valence-electron chi connectivity index (χ0n) is 10.6. The Bertz CT molecular complexity index is 528. The molecule has 0 aliphatic carbocycles. The van der Waals surface area contributed by atoms with Crippen LogP contribution in [-0.4, -0.2) is 47.7 Å². The molecule has 1 aliphatic heterocycles. The Morgan fingerprint density at radius 1 is 1.60 bits per heavy atom. The van der Waals surface area contributed by atoms with Crippen LogP contribution >= 0.6 is 27.3 Å². The zero-order chi connectivity index (χ0) is 14.5. The molecule has 2 rings (SSSR count). The topological polar surface area (TPSA) is 66.8 Å². The van der Waals surface area contributed by atoms with E-state index < -0.39 is 12.1 Å². The monoisotopic (exact) mass is 359 g/mol. The number of morpholine rings is 1. The average Bonchev–Trinajstić information content (AvgIpc) is 2.81. The third-order valence-electron chi connectivity index (χ3n) is 2.86. The lowest BCUT2D eigenvalue weighted by Gasteiger charge is -2.31. The van der Waals surface area contributed by atoms with E-state index >= 15 is 0 Å². The Morgan fingerprint density at radius 2 is 2.40 bits per heavy atom. The summed E-state index contributed by atoms with van der Waals surface area (Å²) in [5, 5.41) is 10.7. The van der Waals surface area contributed by atoms with E-state index in [1.165, 1.54) is 6.08 Å². The summed E-state index contributed by atoms with van der Waals surface area (Å²) in [6.07, 6.45) is 2.77. The summed E-state index contributed by atoms with van der Waals surface area (Å²) in [5.41, 5.74) is 0.963. The summed E-state index contributed by atoms with van der Waals surface area (Å²) >= 11 is 4.92. The zero-order valence-corrected chi connectivity index (χ0v) is 13.0. The van der Waals surface area contributed by atoms with Crippen molar-refractivity contribution in [3.63, 3.8) is 0 Å². The fraction of sp³-hybridized carbons (Fsp3) is 0.385. The summed E-state index contributed by atoms with van der Waals surface area (Å²) in [4.78, 5) is 24.3. The van der Waals surface area contributed by atoms with E-state index in [0.717, 1.165) is 9.35 Å². The van der Waals surface area contributed by atoms with Crippen molar-refractivity contribution in [2.75, 3.05) is 19.7 Å². The van der Waals surface area contributed by atoms with E-state index in [2.05, 4.69) is 15.9 Å². The van der Waals surface area contributed by atoms with Crippen LogP contribution in [0, 0.1) is 0 Å². The van der Waals surface area contributed by atoms with Crippen LogP contribution in [0.5, 0.6) is 0 Å². The summed E-state index contributed by atoms with van der Waals surface area (Å²) < 4.78 is 6.34. The number of hydrogen-bond acceptors (Lipinski definition) is 4. The molecule has 0 aromatic carbocycles. The van der Waals surface area contributed by atoms with E-state index in [1.54, 1.807) is 22.3 Å². The van der Waals surface area contributed by atoms with E-state index in [0.29, 0.717) is 19.7 Å². The Labute approximate surface area is 129 Å². The molecule has 1 aromatic rings. The van der Waals surface area contributed by atoms with Gasteiger partial charge < -0.3 is 14.7 Å². The van der Waals surface area contributed by atoms with Gasteiger partial charge in [0.1, 0.15) is 0 Å². The molecule has 2 heterocycles. The number of thiophene rings is 1. The van der Waals surface area contributed by atoms with Crippen LogP contribution in [0.1, 0.15) is 12.0 Å². The number of carboxylic acids is 1. The SMILES string of the molecule is O=C(O)CC1CN(C(=O)C=Cc2csc(Br)c2)CCO1. The molecule has 108 valence electrons. The van der Waals surface area contributed by atoms with Gasteiger partial charge in [-0.2, -0.15) is 0 Å². The van der Waals surface area contributed by atoms with Crippen molar-refractivity contribution in [2.45, 2.75) is 12.5 Å². The number of nitrogens with zero attached hydrogens (tertiary/aromatic N) is 1. The number of halogens is 1. The number of hydrogen-bond donors (Lipinski definition) is 1. The molecule has 1 fully saturated rings. The molecular weight excluding hydrogens is 346 g/mol. The fourth-order valence-electron chi connectivity index (χ4n) is 1.92. The quantitative estimate of drug-likeness (QED) is 0.837. The summed E-state index contributed by atoms with van der Waals surface area (Å²) in [7, 11) is 0.